The predicted octanol–water partition coefficient (Wildman–Crippen LogP) is 3.21. The molecule has 0 spiro atoms. The number of hydrogen-bond acceptors (Lipinski definition) is 8. The minimum absolute atomic E-state index is 0.0168. The van der Waals surface area contributed by atoms with Crippen LogP contribution in [-0.4, -0.2) is 49.3 Å². The minimum Gasteiger partial charge on any atom is -0.444 e. The molecule has 0 aliphatic carbocycles. The maximum absolute atomic E-state index is 11.6. The van der Waals surface area contributed by atoms with E-state index in [1.165, 1.54) is 12.1 Å². The van der Waals surface area contributed by atoms with Crippen LogP contribution in [0.2, 0.25) is 0 Å². The minimum atomic E-state index is -0.518. The molecule has 2 aromatic heterocycles. The third-order valence-corrected chi connectivity index (χ3v) is 4.24. The number of nitrogens with zero attached hydrogens (tertiary/aromatic N) is 5. The number of nitrogens with one attached hydrogen (secondary N) is 2. The summed E-state index contributed by atoms with van der Waals surface area (Å²) in [5, 5.41) is 25.3. The van der Waals surface area contributed by atoms with Crippen LogP contribution >= 0.6 is 0 Å². The number of fused-ring (bicyclic) bond motifs is 3. The fraction of sp³-hybridized carbons (Fsp3) is 0.474. The van der Waals surface area contributed by atoms with Gasteiger partial charge in [-0.2, -0.15) is 0 Å². The molecule has 0 saturated heterocycles. The van der Waals surface area contributed by atoms with Gasteiger partial charge in [0.25, 0.3) is 5.69 Å². The zero-order valence-electron chi connectivity index (χ0n) is 17.4. The first-order valence-corrected chi connectivity index (χ1v) is 9.66. The average molecular weight is 415 g/mol. The van der Waals surface area contributed by atoms with E-state index in [0.29, 0.717) is 41.4 Å². The highest BCUT2D eigenvalue weighted by molar-refractivity contribution is 5.84. The van der Waals surface area contributed by atoms with E-state index >= 15 is 0 Å². The van der Waals surface area contributed by atoms with E-state index in [1.807, 2.05) is 20.8 Å². The molecule has 0 atom stereocenters. The second kappa shape index (κ2) is 8.47. The lowest BCUT2D eigenvalue weighted by Gasteiger charge is -2.19. The zero-order chi connectivity index (χ0) is 21.9. The second-order valence-electron chi connectivity index (χ2n) is 7.86. The van der Waals surface area contributed by atoms with Gasteiger partial charge in [-0.05, 0) is 46.6 Å². The van der Waals surface area contributed by atoms with Crippen molar-refractivity contribution in [2.75, 3.05) is 18.4 Å². The van der Waals surface area contributed by atoms with Crippen molar-refractivity contribution in [1.29, 1.82) is 0 Å². The smallest absolute Gasteiger partial charge is 0.407 e. The third-order valence-electron chi connectivity index (χ3n) is 4.24. The standard InChI is InChI=1S/C19H25N7O4/c1-12-23-24-17-16(20-9-5-6-10-21-18(27)30-19(2,3)4)22-14-8-7-13(26(28)29)11-15(14)25(12)17/h7-8,11H,5-6,9-10H2,1-4H3,(H,20,22)(H,21,27). The van der Waals surface area contributed by atoms with E-state index in [2.05, 4.69) is 25.8 Å². The first kappa shape index (κ1) is 21.2. The number of carbonyl (C=O) groups excluding carboxylic acids is 1. The number of rotatable bonds is 7. The molecule has 0 fully saturated rings. The first-order chi connectivity index (χ1) is 14.2. The number of ether oxygens (including phenoxy) is 1. The van der Waals surface area contributed by atoms with Crippen molar-refractivity contribution in [3.8, 4) is 0 Å². The van der Waals surface area contributed by atoms with Crippen LogP contribution in [0.15, 0.2) is 18.2 Å². The fourth-order valence-electron chi connectivity index (χ4n) is 2.95. The molecule has 11 heteroatoms. The number of aromatic nitrogens is 4. The van der Waals surface area contributed by atoms with Crippen molar-refractivity contribution in [2.24, 2.45) is 0 Å². The maximum atomic E-state index is 11.6. The van der Waals surface area contributed by atoms with Crippen LogP contribution in [0.5, 0.6) is 0 Å². The number of non-ortho nitro benzene ring substituents is 1. The SMILES string of the molecule is Cc1nnc2c(NCCCCNC(=O)OC(C)(C)C)nc3ccc([N+](=O)[O-])cc3n12. The van der Waals surface area contributed by atoms with Crippen molar-refractivity contribution >= 4 is 34.3 Å². The van der Waals surface area contributed by atoms with Gasteiger partial charge in [-0.15, -0.1) is 10.2 Å². The summed E-state index contributed by atoms with van der Waals surface area (Å²) in [5.41, 5.74) is 1.15. The number of benzene rings is 1. The summed E-state index contributed by atoms with van der Waals surface area (Å²) in [6.45, 7) is 8.35. The monoisotopic (exact) mass is 415 g/mol. The molecule has 11 nitrogen and oxygen atoms in total. The summed E-state index contributed by atoms with van der Waals surface area (Å²) < 4.78 is 6.94. The molecule has 0 aliphatic rings. The van der Waals surface area contributed by atoms with Crippen LogP contribution in [-0.2, 0) is 4.74 Å². The van der Waals surface area contributed by atoms with Crippen LogP contribution in [0.4, 0.5) is 16.3 Å². The molecule has 3 aromatic rings. The van der Waals surface area contributed by atoms with Gasteiger partial charge in [0, 0.05) is 25.2 Å². The topological polar surface area (TPSA) is 137 Å². The summed E-state index contributed by atoms with van der Waals surface area (Å²) >= 11 is 0. The van der Waals surface area contributed by atoms with E-state index in [4.69, 9.17) is 4.74 Å². The number of alkyl carbamates (subject to hydrolysis) is 1. The van der Waals surface area contributed by atoms with Gasteiger partial charge in [0.05, 0.1) is 16.0 Å². The Kier molecular flexibility index (Phi) is 5.99. The van der Waals surface area contributed by atoms with Gasteiger partial charge in [0.2, 0.25) is 5.65 Å². The molecule has 0 unspecified atom stereocenters. The Morgan fingerprint density at radius 3 is 2.67 bits per heavy atom. The lowest BCUT2D eigenvalue weighted by Crippen LogP contribution is -2.33. The van der Waals surface area contributed by atoms with Gasteiger partial charge in [0.15, 0.2) is 5.82 Å². The van der Waals surface area contributed by atoms with E-state index in [1.54, 1.807) is 17.4 Å². The quantitative estimate of drug-likeness (QED) is 0.341. The van der Waals surface area contributed by atoms with E-state index < -0.39 is 16.6 Å². The number of amides is 1. The van der Waals surface area contributed by atoms with Crippen LogP contribution in [0.3, 0.4) is 0 Å². The molecule has 0 bridgehead atoms. The molecule has 1 aromatic carbocycles. The van der Waals surface area contributed by atoms with E-state index in [0.717, 1.165) is 12.8 Å². The van der Waals surface area contributed by atoms with Crippen molar-refractivity contribution in [3.05, 3.63) is 34.1 Å². The Morgan fingerprint density at radius 2 is 1.97 bits per heavy atom. The van der Waals surface area contributed by atoms with Crippen LogP contribution in [0, 0.1) is 17.0 Å². The number of carbonyl (C=O) groups is 1. The molecule has 2 N–H and O–H groups in total. The number of unbranched alkanes of at least 4 members (excludes halogenated alkanes) is 1. The molecule has 160 valence electrons. The summed E-state index contributed by atoms with van der Waals surface area (Å²) in [6, 6.07) is 4.51. The van der Waals surface area contributed by atoms with Gasteiger partial charge in [0.1, 0.15) is 11.4 Å². The van der Waals surface area contributed by atoms with Crippen LogP contribution in [0.25, 0.3) is 16.7 Å². The Bertz CT molecular complexity index is 1090. The summed E-state index contributed by atoms with van der Waals surface area (Å²) in [7, 11) is 0. The Hall–Kier alpha value is -3.50. The highest BCUT2D eigenvalue weighted by Crippen LogP contribution is 2.25. The first-order valence-electron chi connectivity index (χ1n) is 9.66. The number of hydrogen-bond donors (Lipinski definition) is 2. The lowest BCUT2D eigenvalue weighted by molar-refractivity contribution is -0.384. The zero-order valence-corrected chi connectivity index (χ0v) is 17.4. The summed E-state index contributed by atoms with van der Waals surface area (Å²) in [5.74, 6) is 1.17. The highest BCUT2D eigenvalue weighted by Gasteiger charge is 2.17. The Balaban J connectivity index is 1.65. The largest absolute Gasteiger partial charge is 0.444 e. The molecule has 1 amide bonds. The van der Waals surface area contributed by atoms with Crippen molar-refractivity contribution in [3.63, 3.8) is 0 Å². The molecule has 30 heavy (non-hydrogen) atoms. The van der Waals surface area contributed by atoms with Crippen molar-refractivity contribution in [2.45, 2.75) is 46.1 Å². The van der Waals surface area contributed by atoms with Crippen LogP contribution < -0.4 is 10.6 Å². The number of nitro groups is 1. The molecule has 2 heterocycles. The van der Waals surface area contributed by atoms with E-state index in [-0.39, 0.29) is 5.69 Å². The molecular formula is C19H25N7O4. The van der Waals surface area contributed by atoms with Gasteiger partial charge in [-0.3, -0.25) is 14.5 Å². The van der Waals surface area contributed by atoms with Gasteiger partial charge in [-0.1, -0.05) is 0 Å². The molecule has 0 radical (unpaired) electrons. The number of anilines is 1. The van der Waals surface area contributed by atoms with Crippen molar-refractivity contribution in [1.82, 2.24) is 24.9 Å². The van der Waals surface area contributed by atoms with Gasteiger partial charge in [-0.25, -0.2) is 9.78 Å². The Morgan fingerprint density at radius 1 is 1.23 bits per heavy atom. The highest BCUT2D eigenvalue weighted by atomic mass is 16.6. The molecule has 0 saturated carbocycles. The number of aryl methyl sites for hydroxylation is 1. The lowest BCUT2D eigenvalue weighted by atomic mass is 10.2. The third kappa shape index (κ3) is 4.91. The maximum Gasteiger partial charge on any atom is 0.407 e. The Labute approximate surface area is 173 Å². The summed E-state index contributed by atoms with van der Waals surface area (Å²) in [4.78, 5) is 26.9. The van der Waals surface area contributed by atoms with Gasteiger partial charge < -0.3 is 15.4 Å². The van der Waals surface area contributed by atoms with Crippen molar-refractivity contribution < 1.29 is 14.5 Å². The average Bonchev–Trinajstić information content (AvgIpc) is 3.05. The molecular weight excluding hydrogens is 390 g/mol. The predicted molar refractivity (Wildman–Crippen MR) is 112 cm³/mol. The number of nitro benzene ring substituents is 1. The van der Waals surface area contributed by atoms with Crippen LogP contribution in [0.1, 0.15) is 39.4 Å². The normalized spacial score (nSPS) is 11.6. The van der Waals surface area contributed by atoms with E-state index in [9.17, 15) is 14.9 Å². The molecule has 3 rings (SSSR count). The molecule has 0 aliphatic heterocycles. The summed E-state index contributed by atoms with van der Waals surface area (Å²) in [6.07, 6.45) is 1.12. The van der Waals surface area contributed by atoms with Gasteiger partial charge >= 0.3 is 6.09 Å². The second-order valence-corrected chi connectivity index (χ2v) is 7.86. The fourth-order valence-corrected chi connectivity index (χ4v) is 2.95.